The molecule has 9 heteroatoms. The van der Waals surface area contributed by atoms with Crippen LogP contribution >= 0.6 is 23.1 Å². The largest absolute Gasteiger partial charge is 0.306 e. The Kier molecular flexibility index (Phi) is 2.62. The number of hydrogen-bond acceptors (Lipinski definition) is 7. The summed E-state index contributed by atoms with van der Waals surface area (Å²) >= 11 is 7.21. The first-order chi connectivity index (χ1) is 8.69. The number of hydrogen-bond donors (Lipinski definition) is 2. The first kappa shape index (κ1) is 11.3. The molecule has 3 N–H and O–H groups in total. The highest BCUT2D eigenvalue weighted by Gasteiger charge is 2.14. The molecule has 0 radical (unpaired) electrons. The van der Waals surface area contributed by atoms with Crippen molar-refractivity contribution >= 4 is 40.1 Å². The summed E-state index contributed by atoms with van der Waals surface area (Å²) < 4.78 is 6.02. The first-order valence-corrected chi connectivity index (χ1v) is 6.15. The van der Waals surface area contributed by atoms with E-state index in [1.807, 2.05) is 13.0 Å². The number of anilines is 1. The number of nitrogen functional groups attached to an aromatic ring is 1. The molecule has 0 aliphatic carbocycles. The van der Waals surface area contributed by atoms with Crippen molar-refractivity contribution < 1.29 is 0 Å². The van der Waals surface area contributed by atoms with Crippen molar-refractivity contribution in [2.45, 2.75) is 6.92 Å². The van der Waals surface area contributed by atoms with Crippen LogP contribution in [0, 0.1) is 6.92 Å². The van der Waals surface area contributed by atoms with Gasteiger partial charge in [0.25, 0.3) is 0 Å². The van der Waals surface area contributed by atoms with E-state index in [0.29, 0.717) is 17.0 Å². The van der Waals surface area contributed by atoms with Crippen molar-refractivity contribution in [2.24, 2.45) is 5.84 Å². The normalized spacial score (nSPS) is 11.1. The smallest absolute Gasteiger partial charge is 0.226 e. The van der Waals surface area contributed by atoms with Gasteiger partial charge in [-0.15, -0.1) is 0 Å². The summed E-state index contributed by atoms with van der Waals surface area (Å²) in [6.07, 6.45) is 1.64. The van der Waals surface area contributed by atoms with Crippen LogP contribution in [0.15, 0.2) is 12.4 Å². The maximum atomic E-state index is 5.85. The number of aromatic nitrogens is 5. The molecule has 0 amide bonds. The minimum Gasteiger partial charge on any atom is -0.306 e. The molecule has 0 atom stereocenters. The van der Waals surface area contributed by atoms with Crippen molar-refractivity contribution in [3.8, 4) is 5.00 Å². The molecule has 0 saturated heterocycles. The van der Waals surface area contributed by atoms with Crippen molar-refractivity contribution in [2.75, 3.05) is 5.43 Å². The maximum absolute atomic E-state index is 5.85. The highest BCUT2D eigenvalue weighted by molar-refractivity contribution is 7.08. The first-order valence-electron chi connectivity index (χ1n) is 5.00. The molecule has 7 nitrogen and oxygen atoms in total. The van der Waals surface area contributed by atoms with Gasteiger partial charge in [-0.1, -0.05) is 0 Å². The summed E-state index contributed by atoms with van der Waals surface area (Å²) in [6, 6.07) is 1.94. The van der Waals surface area contributed by atoms with Crippen molar-refractivity contribution in [3.63, 3.8) is 0 Å². The summed E-state index contributed by atoms with van der Waals surface area (Å²) in [7, 11) is 0. The van der Waals surface area contributed by atoms with Crippen LogP contribution in [0.25, 0.3) is 16.2 Å². The predicted octanol–water partition coefficient (Wildman–Crippen LogP) is 1.52. The van der Waals surface area contributed by atoms with Crippen LogP contribution in [0.5, 0.6) is 0 Å². The Morgan fingerprint density at radius 3 is 2.94 bits per heavy atom. The molecule has 0 spiro atoms. The minimum atomic E-state index is 0.110. The summed E-state index contributed by atoms with van der Waals surface area (Å²) in [5.41, 5.74) is 4.55. The van der Waals surface area contributed by atoms with Gasteiger partial charge in [0.1, 0.15) is 11.3 Å². The Morgan fingerprint density at radius 1 is 1.44 bits per heavy atom. The average molecular weight is 282 g/mol. The summed E-state index contributed by atoms with van der Waals surface area (Å²) in [6.45, 7) is 1.92. The maximum Gasteiger partial charge on any atom is 0.226 e. The lowest BCUT2D eigenvalue weighted by molar-refractivity contribution is 1.08. The second kappa shape index (κ2) is 4.16. The Hall–Kier alpha value is -1.77. The number of aryl methyl sites for hydroxylation is 1. The standard InChI is InChI=1S/C9H8ClN7S/c1-4-2-5(18-16-4)17-3-12-6-7(15-11)13-9(10)14-8(6)17/h2-3H,11H2,1H3,(H,13,14,15). The molecule has 0 aliphatic heterocycles. The molecule has 0 unspecified atom stereocenters. The van der Waals surface area contributed by atoms with Crippen LogP contribution in [0.4, 0.5) is 5.82 Å². The average Bonchev–Trinajstić information content (AvgIpc) is 2.93. The van der Waals surface area contributed by atoms with Gasteiger partial charge < -0.3 is 5.43 Å². The quantitative estimate of drug-likeness (QED) is 0.420. The van der Waals surface area contributed by atoms with E-state index in [2.05, 4.69) is 24.8 Å². The summed E-state index contributed by atoms with van der Waals surface area (Å²) in [5.74, 6) is 5.77. The fourth-order valence-corrected chi connectivity index (χ4v) is 2.50. The zero-order chi connectivity index (χ0) is 12.7. The lowest BCUT2D eigenvalue weighted by Crippen LogP contribution is -2.10. The molecule has 3 aromatic heterocycles. The molecule has 18 heavy (non-hydrogen) atoms. The monoisotopic (exact) mass is 281 g/mol. The fourth-order valence-electron chi connectivity index (χ4n) is 1.60. The molecule has 0 fully saturated rings. The van der Waals surface area contributed by atoms with Crippen LogP contribution in [0.3, 0.4) is 0 Å². The van der Waals surface area contributed by atoms with Gasteiger partial charge in [-0.2, -0.15) is 14.3 Å². The Labute approximate surface area is 111 Å². The molecule has 0 aromatic carbocycles. The Balaban J connectivity index is 2.28. The van der Waals surface area contributed by atoms with Crippen LogP contribution in [-0.2, 0) is 0 Å². The van der Waals surface area contributed by atoms with E-state index in [4.69, 9.17) is 17.4 Å². The minimum absolute atomic E-state index is 0.110. The number of nitrogens with one attached hydrogen (secondary N) is 1. The highest BCUT2D eigenvalue weighted by atomic mass is 35.5. The SMILES string of the molecule is Cc1cc(-n2cnc3c(NN)nc(Cl)nc32)sn1. The van der Waals surface area contributed by atoms with Crippen molar-refractivity contribution in [1.29, 1.82) is 0 Å². The van der Waals surface area contributed by atoms with E-state index in [0.717, 1.165) is 10.7 Å². The van der Waals surface area contributed by atoms with Crippen LogP contribution in [0.1, 0.15) is 5.69 Å². The number of fused-ring (bicyclic) bond motifs is 1. The molecule has 3 rings (SSSR count). The fraction of sp³-hybridized carbons (Fsp3) is 0.111. The van der Waals surface area contributed by atoms with Gasteiger partial charge in [0.15, 0.2) is 17.0 Å². The highest BCUT2D eigenvalue weighted by Crippen LogP contribution is 2.24. The molecule has 3 heterocycles. The molecule has 92 valence electrons. The number of hydrazine groups is 1. The third-order valence-corrected chi connectivity index (χ3v) is 3.41. The molecular weight excluding hydrogens is 274 g/mol. The van der Waals surface area contributed by atoms with E-state index in [-0.39, 0.29) is 5.28 Å². The number of nitrogens with zero attached hydrogens (tertiary/aromatic N) is 5. The molecule has 0 saturated carbocycles. The summed E-state index contributed by atoms with van der Waals surface area (Å²) in [4.78, 5) is 12.4. The van der Waals surface area contributed by atoms with Crippen molar-refractivity contribution in [3.05, 3.63) is 23.4 Å². The van der Waals surface area contributed by atoms with E-state index in [1.54, 1.807) is 10.9 Å². The number of nitrogens with two attached hydrogens (primary N) is 1. The Bertz CT molecular complexity index is 719. The van der Waals surface area contributed by atoms with Crippen LogP contribution in [0.2, 0.25) is 5.28 Å². The summed E-state index contributed by atoms with van der Waals surface area (Å²) in [5, 5.41) is 1.02. The zero-order valence-corrected chi connectivity index (χ0v) is 10.8. The molecule has 0 bridgehead atoms. The van der Waals surface area contributed by atoms with Gasteiger partial charge in [-0.3, -0.25) is 4.57 Å². The predicted molar refractivity (Wildman–Crippen MR) is 69.9 cm³/mol. The number of imidazole rings is 1. The van der Waals surface area contributed by atoms with Gasteiger partial charge in [0.05, 0.1) is 5.69 Å². The van der Waals surface area contributed by atoms with E-state index < -0.39 is 0 Å². The number of rotatable bonds is 2. The Morgan fingerprint density at radius 2 is 2.28 bits per heavy atom. The zero-order valence-electron chi connectivity index (χ0n) is 9.25. The van der Waals surface area contributed by atoms with Crippen LogP contribution < -0.4 is 11.3 Å². The molecule has 3 aromatic rings. The van der Waals surface area contributed by atoms with Gasteiger partial charge >= 0.3 is 0 Å². The molecular formula is C9H8ClN7S. The lowest BCUT2D eigenvalue weighted by Gasteiger charge is -2.02. The number of halogens is 1. The topological polar surface area (TPSA) is 94.5 Å². The van der Waals surface area contributed by atoms with Gasteiger partial charge in [0.2, 0.25) is 5.28 Å². The van der Waals surface area contributed by atoms with Gasteiger partial charge in [0, 0.05) is 0 Å². The molecule has 0 aliphatic rings. The third-order valence-electron chi connectivity index (χ3n) is 2.36. The van der Waals surface area contributed by atoms with E-state index in [1.165, 1.54) is 11.5 Å². The van der Waals surface area contributed by atoms with Crippen molar-refractivity contribution in [1.82, 2.24) is 23.9 Å². The second-order valence-electron chi connectivity index (χ2n) is 3.58. The van der Waals surface area contributed by atoms with Gasteiger partial charge in [-0.05, 0) is 36.1 Å². The second-order valence-corrected chi connectivity index (χ2v) is 4.70. The van der Waals surface area contributed by atoms with Gasteiger partial charge in [-0.25, -0.2) is 10.8 Å². The van der Waals surface area contributed by atoms with E-state index >= 15 is 0 Å². The van der Waals surface area contributed by atoms with Crippen LogP contribution in [-0.4, -0.2) is 23.9 Å². The van der Waals surface area contributed by atoms with E-state index in [9.17, 15) is 0 Å². The lowest BCUT2D eigenvalue weighted by atomic mass is 10.4. The third kappa shape index (κ3) is 1.70.